The monoisotopic (exact) mass is 1200 g/mol. The smallest absolute Gasteiger partial charge is 0.164 e. The molecule has 8 heteroatoms. The maximum absolute atomic E-state index is 6.14. The lowest BCUT2D eigenvalue weighted by atomic mass is 10.00. The topological polar surface area (TPSA) is 104 Å². The molecule has 0 N–H and O–H groups in total. The summed E-state index contributed by atoms with van der Waals surface area (Å²) < 4.78 is 12.2. The van der Waals surface area contributed by atoms with Crippen LogP contribution in [0, 0.1) is 0 Å². The second-order valence-electron chi connectivity index (χ2n) is 23.4. The Bertz CT molecular complexity index is 5820. The molecule has 0 spiro atoms. The molecular formula is C86H54N6O2. The quantitative estimate of drug-likeness (QED) is 0.133. The molecule has 0 atom stereocenters. The number of hydrogen-bond acceptors (Lipinski definition) is 8. The third-order valence-electron chi connectivity index (χ3n) is 17.5. The van der Waals surface area contributed by atoms with Crippen LogP contribution in [0.3, 0.4) is 0 Å². The number of para-hydroxylation sites is 2. The van der Waals surface area contributed by atoms with Crippen LogP contribution in [0.2, 0.25) is 0 Å². The van der Waals surface area contributed by atoms with E-state index in [-0.39, 0.29) is 0 Å². The molecule has 0 unspecified atom stereocenters. The van der Waals surface area contributed by atoms with Crippen molar-refractivity contribution < 1.29 is 8.83 Å². The van der Waals surface area contributed by atoms with Crippen molar-refractivity contribution in [3.63, 3.8) is 0 Å². The molecule has 14 aromatic carbocycles. The van der Waals surface area contributed by atoms with E-state index in [1.54, 1.807) is 0 Å². The van der Waals surface area contributed by atoms with Gasteiger partial charge in [0.1, 0.15) is 22.3 Å². The maximum Gasteiger partial charge on any atom is 0.164 e. The van der Waals surface area contributed by atoms with Gasteiger partial charge >= 0.3 is 0 Å². The highest BCUT2D eigenvalue weighted by Crippen LogP contribution is 2.37. The lowest BCUT2D eigenvalue weighted by molar-refractivity contribution is 0.668. The van der Waals surface area contributed by atoms with Crippen molar-refractivity contribution in [3.05, 3.63) is 328 Å². The van der Waals surface area contributed by atoms with Crippen LogP contribution in [0.4, 0.5) is 0 Å². The second kappa shape index (κ2) is 23.9. The average molecular weight is 1200 g/mol. The Morgan fingerprint density at radius 3 is 0.840 bits per heavy atom. The van der Waals surface area contributed by atoms with Gasteiger partial charge in [-0.05, 0) is 115 Å². The first-order valence-electron chi connectivity index (χ1n) is 31.4. The van der Waals surface area contributed by atoms with Crippen molar-refractivity contribution in [2.75, 3.05) is 0 Å². The van der Waals surface area contributed by atoms with E-state index in [0.29, 0.717) is 34.9 Å². The molecule has 440 valence electrons. The van der Waals surface area contributed by atoms with E-state index in [0.717, 1.165) is 111 Å². The molecule has 0 aliphatic heterocycles. The van der Waals surface area contributed by atoms with Gasteiger partial charge in [0.15, 0.2) is 34.9 Å². The fourth-order valence-corrected chi connectivity index (χ4v) is 12.5. The summed E-state index contributed by atoms with van der Waals surface area (Å²) in [6.45, 7) is 0. The van der Waals surface area contributed by atoms with Gasteiger partial charge in [0.05, 0.1) is 0 Å². The van der Waals surface area contributed by atoms with Crippen LogP contribution in [0.5, 0.6) is 0 Å². The summed E-state index contributed by atoms with van der Waals surface area (Å²) >= 11 is 0. The number of fused-ring (bicyclic) bond motifs is 8. The van der Waals surface area contributed by atoms with Crippen molar-refractivity contribution in [3.8, 4) is 113 Å². The third-order valence-corrected chi connectivity index (χ3v) is 17.5. The molecule has 18 rings (SSSR count). The van der Waals surface area contributed by atoms with E-state index < -0.39 is 0 Å². The van der Waals surface area contributed by atoms with Gasteiger partial charge in [-0.2, -0.15) is 0 Å². The standard InChI is InChI=1S/2C43H27N3O/c1-2-9-31(10-3-1)41-44-42(32-19-14-29(15-20-32)35-23-18-28-8-4-5-11-34(28)26-35)46-43(45-41)33-21-16-30(17-22-33)36-24-25-40-38(27-36)37-12-6-7-13-39(37)47-40;1-2-9-31(10-3-1)41-44-42(32-19-14-29(15-20-32)35-23-18-28-8-4-5-11-34(28)26-35)46-43(45-41)33-21-16-30(17-22-33)36-24-25-38-37-12-6-7-13-39(37)47-40(38)27-36/h2*1-27H. The first kappa shape index (κ1) is 55.3. The van der Waals surface area contributed by atoms with Crippen molar-refractivity contribution in [1.29, 1.82) is 0 Å². The fourth-order valence-electron chi connectivity index (χ4n) is 12.5. The second-order valence-corrected chi connectivity index (χ2v) is 23.4. The van der Waals surface area contributed by atoms with Gasteiger partial charge in [-0.1, -0.05) is 279 Å². The zero-order chi connectivity index (χ0) is 62.3. The summed E-state index contributed by atoms with van der Waals surface area (Å²) in [6, 6.07) is 113. The van der Waals surface area contributed by atoms with Crippen LogP contribution in [0.25, 0.3) is 178 Å². The Hall–Kier alpha value is -12.8. The molecule has 0 aliphatic carbocycles. The number of furan rings is 2. The first-order chi connectivity index (χ1) is 46.5. The van der Waals surface area contributed by atoms with Crippen LogP contribution in [-0.4, -0.2) is 29.9 Å². The Kier molecular flexibility index (Phi) is 14.0. The summed E-state index contributed by atoms with van der Waals surface area (Å²) in [6.07, 6.45) is 0. The predicted molar refractivity (Wildman–Crippen MR) is 384 cm³/mol. The molecule has 0 bridgehead atoms. The van der Waals surface area contributed by atoms with E-state index in [2.05, 4.69) is 224 Å². The molecule has 0 saturated carbocycles. The average Bonchev–Trinajstić information content (AvgIpc) is 1.60. The summed E-state index contributed by atoms with van der Waals surface area (Å²) in [5.41, 5.74) is 18.3. The van der Waals surface area contributed by atoms with E-state index in [9.17, 15) is 0 Å². The minimum Gasteiger partial charge on any atom is -0.456 e. The minimum absolute atomic E-state index is 0.631. The zero-order valence-electron chi connectivity index (χ0n) is 50.7. The Labute approximate surface area is 541 Å². The van der Waals surface area contributed by atoms with Gasteiger partial charge in [-0.15, -0.1) is 0 Å². The maximum atomic E-state index is 6.14. The molecule has 8 nitrogen and oxygen atoms in total. The Morgan fingerprint density at radius 1 is 0.149 bits per heavy atom. The number of rotatable bonds is 10. The van der Waals surface area contributed by atoms with E-state index >= 15 is 0 Å². The van der Waals surface area contributed by atoms with Crippen LogP contribution in [-0.2, 0) is 0 Å². The summed E-state index contributed by atoms with van der Waals surface area (Å²) in [4.78, 5) is 29.7. The molecule has 0 fully saturated rings. The van der Waals surface area contributed by atoms with E-state index in [1.807, 2.05) is 103 Å². The van der Waals surface area contributed by atoms with Gasteiger partial charge in [0.2, 0.25) is 0 Å². The molecule has 0 radical (unpaired) electrons. The highest BCUT2D eigenvalue weighted by Gasteiger charge is 2.17. The molecular weight excluding hydrogens is 1150 g/mol. The molecule has 0 saturated heterocycles. The van der Waals surface area contributed by atoms with Gasteiger partial charge in [0.25, 0.3) is 0 Å². The van der Waals surface area contributed by atoms with Crippen molar-refractivity contribution >= 4 is 65.4 Å². The molecule has 94 heavy (non-hydrogen) atoms. The number of aromatic nitrogens is 6. The molecule has 4 aromatic heterocycles. The number of nitrogens with zero attached hydrogens (tertiary/aromatic N) is 6. The van der Waals surface area contributed by atoms with Crippen LogP contribution >= 0.6 is 0 Å². The molecule has 4 heterocycles. The van der Waals surface area contributed by atoms with Crippen LogP contribution < -0.4 is 0 Å². The van der Waals surface area contributed by atoms with Crippen molar-refractivity contribution in [1.82, 2.24) is 29.9 Å². The Balaban J connectivity index is 0.000000143. The SMILES string of the molecule is c1ccc(-c2nc(-c3ccc(-c4ccc5ccccc5c4)cc3)nc(-c3ccc(-c4ccc5c(c4)oc4ccccc45)cc3)n2)cc1.c1ccc(-c2nc(-c3ccc(-c4ccc5ccccc5c4)cc3)nc(-c3ccc(-c4ccc5oc6ccccc6c5c4)cc3)n2)cc1. The number of hydrogen-bond donors (Lipinski definition) is 0. The van der Waals surface area contributed by atoms with Gasteiger partial charge in [-0.3, -0.25) is 0 Å². The molecule has 18 aromatic rings. The van der Waals surface area contributed by atoms with Gasteiger partial charge < -0.3 is 8.83 Å². The summed E-state index contributed by atoms with van der Waals surface area (Å²) in [5.74, 6) is 3.83. The zero-order valence-corrected chi connectivity index (χ0v) is 50.7. The minimum atomic E-state index is 0.631. The third kappa shape index (κ3) is 10.9. The predicted octanol–water partition coefficient (Wildman–Crippen LogP) is 22.5. The van der Waals surface area contributed by atoms with Crippen LogP contribution in [0.15, 0.2) is 336 Å². The fraction of sp³-hybridized carbons (Fsp3) is 0. The number of benzene rings is 14. The summed E-state index contributed by atoms with van der Waals surface area (Å²) in [7, 11) is 0. The van der Waals surface area contributed by atoms with Crippen LogP contribution in [0.1, 0.15) is 0 Å². The normalized spacial score (nSPS) is 11.4. The van der Waals surface area contributed by atoms with Crippen molar-refractivity contribution in [2.24, 2.45) is 0 Å². The van der Waals surface area contributed by atoms with Gasteiger partial charge in [-0.25, -0.2) is 29.9 Å². The highest BCUT2D eigenvalue weighted by atomic mass is 16.3. The summed E-state index contributed by atoms with van der Waals surface area (Å²) in [5, 5.41) is 9.42. The van der Waals surface area contributed by atoms with E-state index in [4.69, 9.17) is 38.7 Å². The molecule has 0 aliphatic rings. The first-order valence-corrected chi connectivity index (χ1v) is 31.4. The van der Waals surface area contributed by atoms with E-state index in [1.165, 1.54) is 32.7 Å². The lowest BCUT2D eigenvalue weighted by Gasteiger charge is -2.10. The Morgan fingerprint density at radius 2 is 0.415 bits per heavy atom. The molecule has 0 amide bonds. The largest absolute Gasteiger partial charge is 0.456 e. The lowest BCUT2D eigenvalue weighted by Crippen LogP contribution is -2.00. The van der Waals surface area contributed by atoms with Gasteiger partial charge in [0, 0.05) is 54.9 Å². The highest BCUT2D eigenvalue weighted by molar-refractivity contribution is 6.07. The van der Waals surface area contributed by atoms with Crippen molar-refractivity contribution in [2.45, 2.75) is 0 Å².